The van der Waals surface area contributed by atoms with E-state index in [0.29, 0.717) is 5.56 Å². The third kappa shape index (κ3) is 5.34. The molecule has 1 aromatic carbocycles. The van der Waals surface area contributed by atoms with Crippen molar-refractivity contribution in [3.05, 3.63) is 45.3 Å². The van der Waals surface area contributed by atoms with Gasteiger partial charge in [-0.3, -0.25) is 0 Å². The molecular formula is C21H26N2O8S2. The molecule has 0 aliphatic rings. The molecule has 0 spiro atoms. The van der Waals surface area contributed by atoms with Crippen molar-refractivity contribution in [2.24, 2.45) is 0 Å². The minimum Gasteiger partial charge on any atom is -0.465 e. The van der Waals surface area contributed by atoms with Gasteiger partial charge < -0.3 is 19.9 Å². The van der Waals surface area contributed by atoms with Gasteiger partial charge in [-0.2, -0.15) is 4.31 Å². The Morgan fingerprint density at radius 1 is 1.03 bits per heavy atom. The summed E-state index contributed by atoms with van der Waals surface area (Å²) in [6, 6.07) is 4.19. The molecular weight excluding hydrogens is 472 g/mol. The number of hydrogen-bond acceptors (Lipinski definition) is 10. The number of thiophene rings is 1. The van der Waals surface area contributed by atoms with Crippen LogP contribution in [0.5, 0.6) is 0 Å². The zero-order valence-corrected chi connectivity index (χ0v) is 20.6. The fourth-order valence-electron chi connectivity index (χ4n) is 3.13. The van der Waals surface area contributed by atoms with Gasteiger partial charge in [0.1, 0.15) is 22.0 Å². The lowest BCUT2D eigenvalue weighted by atomic mass is 10.1. The van der Waals surface area contributed by atoms with Crippen molar-refractivity contribution in [3.63, 3.8) is 0 Å². The molecule has 0 bridgehead atoms. The number of benzene rings is 1. The lowest BCUT2D eigenvalue weighted by molar-refractivity contribution is 0.0452. The average Bonchev–Trinajstić information content (AvgIpc) is 3.13. The number of nitrogen functional groups attached to an aromatic ring is 1. The van der Waals surface area contributed by atoms with E-state index in [4.69, 9.17) is 19.9 Å². The van der Waals surface area contributed by atoms with Gasteiger partial charge in [0.15, 0.2) is 0 Å². The highest BCUT2D eigenvalue weighted by molar-refractivity contribution is 7.89. The Kier molecular flexibility index (Phi) is 8.58. The molecule has 2 N–H and O–H groups in total. The molecule has 0 atom stereocenters. The molecule has 0 aliphatic carbocycles. The molecule has 0 fully saturated rings. The number of esters is 3. The molecule has 1 aromatic heterocycles. The van der Waals surface area contributed by atoms with Crippen LogP contribution in [0.4, 0.5) is 5.00 Å². The van der Waals surface area contributed by atoms with Gasteiger partial charge in [0, 0.05) is 18.7 Å². The second-order valence-electron chi connectivity index (χ2n) is 6.78. The molecule has 2 aromatic rings. The van der Waals surface area contributed by atoms with Gasteiger partial charge in [0.25, 0.3) is 0 Å². The summed E-state index contributed by atoms with van der Waals surface area (Å²) in [5.74, 6) is -2.40. The average molecular weight is 499 g/mol. The number of aryl methyl sites for hydroxylation is 1. The standard InChI is InChI=1S/C21H26N2O8S2/c1-6-23(7-2)33(27,28)15-10-13(9-8-12(15)3)19(24)31-11-14-16(20(25)29-4)18(22)32-17(14)21(26)30-5/h8-10H,6-7,11,22H2,1-5H3. The molecule has 0 radical (unpaired) electrons. The number of rotatable bonds is 9. The van der Waals surface area contributed by atoms with Crippen molar-refractivity contribution < 1.29 is 37.0 Å². The fourth-order valence-corrected chi connectivity index (χ4v) is 5.82. The van der Waals surface area contributed by atoms with E-state index in [1.807, 2.05) is 0 Å². The number of methoxy groups -OCH3 is 2. The molecule has 0 aliphatic heterocycles. The van der Waals surface area contributed by atoms with Crippen molar-refractivity contribution in [2.75, 3.05) is 33.0 Å². The van der Waals surface area contributed by atoms with Gasteiger partial charge in [-0.15, -0.1) is 11.3 Å². The Morgan fingerprint density at radius 3 is 2.18 bits per heavy atom. The molecule has 12 heteroatoms. The van der Waals surface area contributed by atoms with Crippen LogP contribution in [0.25, 0.3) is 0 Å². The zero-order chi connectivity index (χ0) is 24.9. The highest BCUT2D eigenvalue weighted by Gasteiger charge is 2.29. The SMILES string of the molecule is CCN(CC)S(=O)(=O)c1cc(C(=O)OCc2c(C(=O)OC)sc(N)c2C(=O)OC)ccc1C. The summed E-state index contributed by atoms with van der Waals surface area (Å²) in [7, 11) is -1.49. The smallest absolute Gasteiger partial charge is 0.348 e. The minimum atomic E-state index is -3.81. The summed E-state index contributed by atoms with van der Waals surface area (Å²) in [5.41, 5.74) is 6.29. The third-order valence-corrected chi connectivity index (χ3v) is 8.12. The maximum Gasteiger partial charge on any atom is 0.348 e. The lowest BCUT2D eigenvalue weighted by Gasteiger charge is -2.20. The van der Waals surface area contributed by atoms with E-state index < -0.39 is 34.5 Å². The molecule has 1 heterocycles. The van der Waals surface area contributed by atoms with E-state index in [0.717, 1.165) is 25.6 Å². The van der Waals surface area contributed by atoms with Crippen molar-refractivity contribution >= 4 is 44.3 Å². The summed E-state index contributed by atoms with van der Waals surface area (Å²) < 4.78 is 41.9. The van der Waals surface area contributed by atoms with Crippen LogP contribution in [0.15, 0.2) is 23.1 Å². The molecule has 0 saturated heterocycles. The van der Waals surface area contributed by atoms with Crippen LogP contribution in [0.1, 0.15) is 55.4 Å². The summed E-state index contributed by atoms with van der Waals surface area (Å²) in [6.07, 6.45) is 0. The maximum absolute atomic E-state index is 12.9. The van der Waals surface area contributed by atoms with Gasteiger partial charge in [-0.05, 0) is 24.6 Å². The number of nitrogens with two attached hydrogens (primary N) is 1. The minimum absolute atomic E-state index is 0.00286. The number of hydrogen-bond donors (Lipinski definition) is 1. The Balaban J connectivity index is 2.40. The van der Waals surface area contributed by atoms with Crippen LogP contribution in [-0.4, -0.2) is 57.9 Å². The number of carbonyl (C=O) groups is 3. The summed E-state index contributed by atoms with van der Waals surface area (Å²) in [6.45, 7) is 5.15. The molecule has 0 amide bonds. The Morgan fingerprint density at radius 2 is 1.64 bits per heavy atom. The van der Waals surface area contributed by atoms with E-state index >= 15 is 0 Å². The van der Waals surface area contributed by atoms with Crippen LogP contribution in [0.3, 0.4) is 0 Å². The number of nitrogens with zero attached hydrogens (tertiary/aromatic N) is 1. The number of sulfonamides is 1. The number of carbonyl (C=O) groups excluding carboxylic acids is 3. The van der Waals surface area contributed by atoms with E-state index in [2.05, 4.69) is 0 Å². The first-order valence-electron chi connectivity index (χ1n) is 9.89. The van der Waals surface area contributed by atoms with Gasteiger partial charge in [0.05, 0.1) is 24.7 Å². The monoisotopic (exact) mass is 498 g/mol. The third-order valence-electron chi connectivity index (χ3n) is 4.89. The second kappa shape index (κ2) is 10.8. The molecule has 33 heavy (non-hydrogen) atoms. The normalized spacial score (nSPS) is 11.3. The van der Waals surface area contributed by atoms with Crippen molar-refractivity contribution in [1.82, 2.24) is 4.31 Å². The predicted octanol–water partition coefficient (Wildman–Crippen LogP) is 2.60. The first-order valence-corrected chi connectivity index (χ1v) is 12.1. The van der Waals surface area contributed by atoms with Gasteiger partial charge in [0.2, 0.25) is 10.0 Å². The van der Waals surface area contributed by atoms with E-state index in [-0.39, 0.29) is 44.6 Å². The molecule has 180 valence electrons. The van der Waals surface area contributed by atoms with Gasteiger partial charge in [-0.25, -0.2) is 22.8 Å². The first kappa shape index (κ1) is 26.3. The summed E-state index contributed by atoms with van der Waals surface area (Å²) in [5, 5.41) is 0.0104. The van der Waals surface area contributed by atoms with Crippen LogP contribution in [-0.2, 0) is 30.8 Å². The fraction of sp³-hybridized carbons (Fsp3) is 0.381. The Hall–Kier alpha value is -2.96. The number of ether oxygens (including phenoxy) is 3. The van der Waals surface area contributed by atoms with E-state index in [1.54, 1.807) is 20.8 Å². The molecule has 10 nitrogen and oxygen atoms in total. The van der Waals surface area contributed by atoms with Crippen LogP contribution < -0.4 is 5.73 Å². The zero-order valence-electron chi connectivity index (χ0n) is 19.0. The van der Waals surface area contributed by atoms with Crippen molar-refractivity contribution in [1.29, 1.82) is 0 Å². The van der Waals surface area contributed by atoms with Crippen molar-refractivity contribution in [3.8, 4) is 0 Å². The molecule has 0 saturated carbocycles. The quantitative estimate of drug-likeness (QED) is 0.408. The van der Waals surface area contributed by atoms with E-state index in [9.17, 15) is 22.8 Å². The topological polar surface area (TPSA) is 142 Å². The van der Waals surface area contributed by atoms with E-state index in [1.165, 1.54) is 22.5 Å². The summed E-state index contributed by atoms with van der Waals surface area (Å²) in [4.78, 5) is 37.0. The second-order valence-corrected chi connectivity index (χ2v) is 9.74. The molecule has 2 rings (SSSR count). The first-order chi connectivity index (χ1) is 15.5. The lowest BCUT2D eigenvalue weighted by Crippen LogP contribution is -2.31. The van der Waals surface area contributed by atoms with Crippen LogP contribution >= 0.6 is 11.3 Å². The van der Waals surface area contributed by atoms with Crippen LogP contribution in [0, 0.1) is 6.92 Å². The van der Waals surface area contributed by atoms with Gasteiger partial charge in [-0.1, -0.05) is 19.9 Å². The molecule has 0 unspecified atom stereocenters. The maximum atomic E-state index is 12.9. The largest absolute Gasteiger partial charge is 0.465 e. The van der Waals surface area contributed by atoms with Gasteiger partial charge >= 0.3 is 17.9 Å². The number of anilines is 1. The Bertz CT molecular complexity index is 1170. The highest BCUT2D eigenvalue weighted by Crippen LogP contribution is 2.33. The summed E-state index contributed by atoms with van der Waals surface area (Å²) >= 11 is 0.807. The predicted molar refractivity (Wildman–Crippen MR) is 122 cm³/mol. The Labute approximate surface area is 196 Å². The highest BCUT2D eigenvalue weighted by atomic mass is 32.2. The van der Waals surface area contributed by atoms with Crippen molar-refractivity contribution in [2.45, 2.75) is 32.3 Å². The van der Waals surface area contributed by atoms with Crippen LogP contribution in [0.2, 0.25) is 0 Å².